The largest absolute Gasteiger partial charge is 0.506 e. The van der Waals surface area contributed by atoms with E-state index >= 15 is 0 Å². The van der Waals surface area contributed by atoms with E-state index < -0.39 is 23.2 Å². The highest BCUT2D eigenvalue weighted by Crippen LogP contribution is 2.32. The first-order valence-electron chi connectivity index (χ1n) is 9.77. The monoisotopic (exact) mass is 495 g/mol. The molecule has 0 fully saturated rings. The number of benzene rings is 2. The van der Waals surface area contributed by atoms with E-state index in [0.29, 0.717) is 16.1 Å². The Bertz CT molecular complexity index is 1430. The first-order chi connectivity index (χ1) is 16.3. The van der Waals surface area contributed by atoms with Gasteiger partial charge in [-0.1, -0.05) is 35.3 Å². The molecule has 0 saturated carbocycles. The van der Waals surface area contributed by atoms with Crippen LogP contribution in [0.4, 0.5) is 11.5 Å². The van der Waals surface area contributed by atoms with Crippen LogP contribution < -0.4 is 16.3 Å². The minimum atomic E-state index is -0.658. The fourth-order valence-corrected chi connectivity index (χ4v) is 3.43. The lowest BCUT2D eigenvalue weighted by Gasteiger charge is -2.14. The standard InChI is InChI=1S/C24H15Cl2N3O5/c25-15-7-8-20(27-12-15)28-23(32)18-10-16(26)11-19(30)21(18)29-22(31)14-5-3-13(4-6-14)17-2-1-9-34-24(17)33/h1-12,30H,(H,29,31)(H,27,28,32). The molecule has 4 rings (SSSR count). The van der Waals surface area contributed by atoms with E-state index in [-0.39, 0.29) is 27.7 Å². The summed E-state index contributed by atoms with van der Waals surface area (Å²) in [6.07, 6.45) is 2.64. The van der Waals surface area contributed by atoms with E-state index in [1.54, 1.807) is 30.3 Å². The number of pyridine rings is 1. The Morgan fingerprint density at radius 3 is 2.35 bits per heavy atom. The number of anilines is 2. The number of nitrogens with one attached hydrogen (secondary N) is 2. The summed E-state index contributed by atoms with van der Waals surface area (Å²) in [6.45, 7) is 0. The number of rotatable bonds is 5. The summed E-state index contributed by atoms with van der Waals surface area (Å²) in [5.41, 5.74) is 0.429. The summed E-state index contributed by atoms with van der Waals surface area (Å²) in [7, 11) is 0. The molecule has 0 saturated heterocycles. The fourth-order valence-electron chi connectivity index (χ4n) is 3.11. The van der Waals surface area contributed by atoms with E-state index in [9.17, 15) is 19.5 Å². The van der Waals surface area contributed by atoms with Crippen LogP contribution in [-0.2, 0) is 0 Å². The number of phenols is 1. The molecule has 2 heterocycles. The molecule has 0 atom stereocenters. The van der Waals surface area contributed by atoms with Crippen molar-refractivity contribution in [3.05, 3.63) is 105 Å². The summed E-state index contributed by atoms with van der Waals surface area (Å²) in [4.78, 5) is 41.5. The Balaban J connectivity index is 1.59. The molecule has 2 aromatic heterocycles. The van der Waals surface area contributed by atoms with E-state index in [2.05, 4.69) is 15.6 Å². The average Bonchev–Trinajstić information content (AvgIpc) is 2.82. The molecule has 0 unspecified atom stereocenters. The number of aromatic hydroxyl groups is 1. The fraction of sp³-hybridized carbons (Fsp3) is 0. The third kappa shape index (κ3) is 5.09. The second-order valence-corrected chi connectivity index (χ2v) is 7.88. The number of aromatic nitrogens is 1. The van der Waals surface area contributed by atoms with Crippen LogP contribution in [0.25, 0.3) is 11.1 Å². The van der Waals surface area contributed by atoms with Crippen LogP contribution >= 0.6 is 23.2 Å². The van der Waals surface area contributed by atoms with Crippen molar-refractivity contribution >= 4 is 46.5 Å². The minimum absolute atomic E-state index is 0.0754. The van der Waals surface area contributed by atoms with Gasteiger partial charge in [0, 0.05) is 22.8 Å². The molecule has 0 bridgehead atoms. The Labute approximate surface area is 202 Å². The second-order valence-electron chi connectivity index (χ2n) is 7.01. The van der Waals surface area contributed by atoms with Crippen LogP contribution in [0.15, 0.2) is 82.3 Å². The summed E-state index contributed by atoms with van der Waals surface area (Å²) < 4.78 is 4.85. The molecule has 2 aromatic carbocycles. The zero-order chi connectivity index (χ0) is 24.2. The van der Waals surface area contributed by atoms with Gasteiger partial charge in [0.05, 0.1) is 28.1 Å². The van der Waals surface area contributed by atoms with Crippen molar-refractivity contribution in [1.82, 2.24) is 4.98 Å². The number of hydrogen-bond donors (Lipinski definition) is 3. The van der Waals surface area contributed by atoms with Crippen molar-refractivity contribution < 1.29 is 19.1 Å². The van der Waals surface area contributed by atoms with Crippen molar-refractivity contribution in [2.75, 3.05) is 10.6 Å². The highest BCUT2D eigenvalue weighted by atomic mass is 35.5. The summed E-state index contributed by atoms with van der Waals surface area (Å²) >= 11 is 11.8. The van der Waals surface area contributed by atoms with E-state index in [0.717, 1.165) is 0 Å². The molecular weight excluding hydrogens is 481 g/mol. The van der Waals surface area contributed by atoms with Gasteiger partial charge >= 0.3 is 5.63 Å². The SMILES string of the molecule is O=C(Nc1c(O)cc(Cl)cc1C(=O)Nc1ccc(Cl)cn1)c1ccc(-c2cccoc2=O)cc1. The molecule has 34 heavy (non-hydrogen) atoms. The van der Waals surface area contributed by atoms with E-state index in [4.69, 9.17) is 27.6 Å². The molecule has 3 N–H and O–H groups in total. The lowest BCUT2D eigenvalue weighted by molar-refractivity contribution is 0.102. The number of halogens is 2. The Morgan fingerprint density at radius 1 is 0.912 bits per heavy atom. The number of hydrogen-bond acceptors (Lipinski definition) is 6. The first kappa shape index (κ1) is 23.0. The van der Waals surface area contributed by atoms with Crippen LogP contribution in [-0.4, -0.2) is 21.9 Å². The van der Waals surface area contributed by atoms with Gasteiger partial charge in [0.15, 0.2) is 0 Å². The zero-order valence-corrected chi connectivity index (χ0v) is 18.7. The molecule has 0 spiro atoms. The first-order valence-corrected chi connectivity index (χ1v) is 10.5. The normalized spacial score (nSPS) is 10.5. The second kappa shape index (κ2) is 9.78. The number of amides is 2. The molecule has 0 radical (unpaired) electrons. The zero-order valence-electron chi connectivity index (χ0n) is 17.2. The predicted molar refractivity (Wildman–Crippen MR) is 129 cm³/mol. The van der Waals surface area contributed by atoms with Gasteiger partial charge in [-0.05, 0) is 48.0 Å². The van der Waals surface area contributed by atoms with Crippen molar-refractivity contribution in [2.45, 2.75) is 0 Å². The molecule has 170 valence electrons. The predicted octanol–water partition coefficient (Wildman–Crippen LogP) is 5.22. The van der Waals surface area contributed by atoms with Crippen LogP contribution in [0.2, 0.25) is 10.0 Å². The van der Waals surface area contributed by atoms with Crippen molar-refractivity contribution in [3.8, 4) is 16.9 Å². The van der Waals surface area contributed by atoms with Gasteiger partial charge in [-0.3, -0.25) is 9.59 Å². The van der Waals surface area contributed by atoms with Gasteiger partial charge in [-0.15, -0.1) is 0 Å². The topological polar surface area (TPSA) is 122 Å². The molecule has 0 aliphatic carbocycles. The average molecular weight is 496 g/mol. The number of carbonyl (C=O) groups excluding carboxylic acids is 2. The van der Waals surface area contributed by atoms with Crippen LogP contribution in [0.3, 0.4) is 0 Å². The lowest BCUT2D eigenvalue weighted by Crippen LogP contribution is -2.19. The smallest absolute Gasteiger partial charge is 0.343 e. The Kier molecular flexibility index (Phi) is 6.62. The Hall–Kier alpha value is -4.14. The van der Waals surface area contributed by atoms with Gasteiger partial charge in [0.25, 0.3) is 11.8 Å². The number of carbonyl (C=O) groups is 2. The molecule has 4 aromatic rings. The number of nitrogens with zero attached hydrogens (tertiary/aromatic N) is 1. The summed E-state index contributed by atoms with van der Waals surface area (Å²) in [5.74, 6) is -1.43. The van der Waals surface area contributed by atoms with Gasteiger partial charge in [-0.2, -0.15) is 0 Å². The van der Waals surface area contributed by atoms with Gasteiger partial charge in [-0.25, -0.2) is 9.78 Å². The maximum absolute atomic E-state index is 12.8. The van der Waals surface area contributed by atoms with Gasteiger partial charge in [0.2, 0.25) is 0 Å². The maximum atomic E-state index is 12.8. The van der Waals surface area contributed by atoms with Gasteiger partial charge in [0.1, 0.15) is 11.6 Å². The molecular formula is C24H15Cl2N3O5. The minimum Gasteiger partial charge on any atom is -0.506 e. The quantitative estimate of drug-likeness (QED) is 0.326. The third-order valence-corrected chi connectivity index (χ3v) is 5.17. The molecule has 2 amide bonds. The van der Waals surface area contributed by atoms with Gasteiger partial charge < -0.3 is 20.2 Å². The number of phenolic OH excluding ortho intramolecular Hbond substituents is 1. The van der Waals surface area contributed by atoms with E-state index in [1.807, 2.05) is 0 Å². The van der Waals surface area contributed by atoms with Crippen molar-refractivity contribution in [1.29, 1.82) is 0 Å². The van der Waals surface area contributed by atoms with Crippen LogP contribution in [0.5, 0.6) is 5.75 Å². The summed E-state index contributed by atoms with van der Waals surface area (Å²) in [5, 5.41) is 16.0. The van der Waals surface area contributed by atoms with Crippen LogP contribution in [0, 0.1) is 0 Å². The van der Waals surface area contributed by atoms with Crippen molar-refractivity contribution in [2.24, 2.45) is 0 Å². The third-order valence-electron chi connectivity index (χ3n) is 4.73. The highest BCUT2D eigenvalue weighted by Gasteiger charge is 2.20. The molecule has 10 heteroatoms. The van der Waals surface area contributed by atoms with Crippen LogP contribution in [0.1, 0.15) is 20.7 Å². The molecule has 0 aliphatic rings. The summed E-state index contributed by atoms with van der Waals surface area (Å²) in [6, 6.07) is 14.9. The lowest BCUT2D eigenvalue weighted by atomic mass is 10.1. The molecule has 8 nitrogen and oxygen atoms in total. The Morgan fingerprint density at radius 2 is 1.68 bits per heavy atom. The van der Waals surface area contributed by atoms with Crippen molar-refractivity contribution in [3.63, 3.8) is 0 Å². The highest BCUT2D eigenvalue weighted by molar-refractivity contribution is 6.32. The maximum Gasteiger partial charge on any atom is 0.343 e. The molecule has 0 aliphatic heterocycles. The van der Waals surface area contributed by atoms with E-state index in [1.165, 1.54) is 42.8 Å².